The third-order valence-electron chi connectivity index (χ3n) is 3.45. The zero-order chi connectivity index (χ0) is 16.1. The Morgan fingerprint density at radius 2 is 2.09 bits per heavy atom. The van der Waals surface area contributed by atoms with Gasteiger partial charge in [0.05, 0.1) is 13.2 Å². The molecular formula is C16H22ClN3O2. The van der Waals surface area contributed by atoms with Crippen LogP contribution in [0.15, 0.2) is 18.2 Å². The van der Waals surface area contributed by atoms with Crippen molar-refractivity contribution in [2.24, 2.45) is 0 Å². The van der Waals surface area contributed by atoms with Crippen LogP contribution in [0, 0.1) is 0 Å². The minimum Gasteiger partial charge on any atom is -0.383 e. The molecule has 0 aliphatic heterocycles. The molecular weight excluding hydrogens is 302 g/mol. The summed E-state index contributed by atoms with van der Waals surface area (Å²) in [5.41, 5.74) is 3.09. The Kier molecular flexibility index (Phi) is 5.69. The lowest BCUT2D eigenvalue weighted by Gasteiger charge is -2.07. The minimum absolute atomic E-state index is 0.211. The van der Waals surface area contributed by atoms with Gasteiger partial charge in [-0.15, -0.1) is 0 Å². The molecule has 22 heavy (non-hydrogen) atoms. The molecule has 1 heterocycles. The van der Waals surface area contributed by atoms with E-state index < -0.39 is 0 Å². The van der Waals surface area contributed by atoms with E-state index in [2.05, 4.69) is 35.5 Å². The summed E-state index contributed by atoms with van der Waals surface area (Å²) in [5.74, 6) is 0.369. The fraction of sp³-hybridized carbons (Fsp3) is 0.438. The lowest BCUT2D eigenvalue weighted by atomic mass is 10.0. The first-order valence-corrected chi connectivity index (χ1v) is 7.70. The first kappa shape index (κ1) is 16.6. The van der Waals surface area contributed by atoms with Gasteiger partial charge in [-0.3, -0.25) is 0 Å². The number of hydrogen-bond donors (Lipinski definition) is 3. The van der Waals surface area contributed by atoms with E-state index >= 15 is 0 Å². The van der Waals surface area contributed by atoms with E-state index in [0.29, 0.717) is 25.6 Å². The summed E-state index contributed by atoms with van der Waals surface area (Å²) in [5, 5.41) is 7.34. The SMILES string of the molecule is COCCNC(=O)NCc1cc2cc(Cl)c(C(C)C)cc2[nH]1. The van der Waals surface area contributed by atoms with Crippen molar-refractivity contribution in [2.75, 3.05) is 20.3 Å². The molecule has 0 fully saturated rings. The second-order valence-electron chi connectivity index (χ2n) is 5.51. The number of urea groups is 1. The van der Waals surface area contributed by atoms with Crippen molar-refractivity contribution in [3.8, 4) is 0 Å². The van der Waals surface area contributed by atoms with Gasteiger partial charge in [0.2, 0.25) is 0 Å². The summed E-state index contributed by atoms with van der Waals surface area (Å²) < 4.78 is 4.88. The number of carbonyl (C=O) groups is 1. The van der Waals surface area contributed by atoms with Gasteiger partial charge in [0, 0.05) is 35.3 Å². The van der Waals surface area contributed by atoms with Crippen molar-refractivity contribution in [1.82, 2.24) is 15.6 Å². The molecule has 2 rings (SSSR count). The van der Waals surface area contributed by atoms with Gasteiger partial charge in [-0.2, -0.15) is 0 Å². The van der Waals surface area contributed by atoms with Gasteiger partial charge >= 0.3 is 6.03 Å². The van der Waals surface area contributed by atoms with Crippen LogP contribution in [0.5, 0.6) is 0 Å². The maximum atomic E-state index is 11.6. The van der Waals surface area contributed by atoms with E-state index in [1.165, 1.54) is 0 Å². The van der Waals surface area contributed by atoms with Crippen LogP contribution in [-0.2, 0) is 11.3 Å². The molecule has 0 aliphatic carbocycles. The van der Waals surface area contributed by atoms with Crippen LogP contribution >= 0.6 is 11.6 Å². The first-order chi connectivity index (χ1) is 10.5. The lowest BCUT2D eigenvalue weighted by Crippen LogP contribution is -2.36. The Labute approximate surface area is 135 Å². The van der Waals surface area contributed by atoms with Crippen molar-refractivity contribution in [3.63, 3.8) is 0 Å². The lowest BCUT2D eigenvalue weighted by molar-refractivity contribution is 0.196. The van der Waals surface area contributed by atoms with Gasteiger partial charge in [-0.05, 0) is 29.7 Å². The van der Waals surface area contributed by atoms with Crippen LogP contribution in [0.1, 0.15) is 31.0 Å². The zero-order valence-electron chi connectivity index (χ0n) is 13.1. The van der Waals surface area contributed by atoms with E-state index in [0.717, 1.165) is 27.2 Å². The number of H-pyrrole nitrogens is 1. The molecule has 6 heteroatoms. The predicted octanol–water partition coefficient (Wildman–Crippen LogP) is 3.39. The number of aromatic amines is 1. The summed E-state index contributed by atoms with van der Waals surface area (Å²) in [4.78, 5) is 14.9. The highest BCUT2D eigenvalue weighted by Crippen LogP contribution is 2.29. The zero-order valence-corrected chi connectivity index (χ0v) is 13.9. The predicted molar refractivity (Wildman–Crippen MR) is 89.5 cm³/mol. The summed E-state index contributed by atoms with van der Waals surface area (Å²) in [6, 6.07) is 5.83. The van der Waals surface area contributed by atoms with Crippen molar-refractivity contribution >= 4 is 28.5 Å². The summed E-state index contributed by atoms with van der Waals surface area (Å²) in [7, 11) is 1.60. The number of methoxy groups -OCH3 is 1. The molecule has 1 aromatic heterocycles. The fourth-order valence-electron chi connectivity index (χ4n) is 2.27. The van der Waals surface area contributed by atoms with Crippen molar-refractivity contribution in [1.29, 1.82) is 0 Å². The number of rotatable bonds is 6. The molecule has 0 aliphatic rings. The van der Waals surface area contributed by atoms with Gasteiger partial charge < -0.3 is 20.4 Å². The van der Waals surface area contributed by atoms with E-state index in [9.17, 15) is 4.79 Å². The number of halogens is 1. The van der Waals surface area contributed by atoms with E-state index in [1.54, 1.807) is 7.11 Å². The summed E-state index contributed by atoms with van der Waals surface area (Å²) in [6.07, 6.45) is 0. The molecule has 5 nitrogen and oxygen atoms in total. The Hall–Kier alpha value is -1.72. The number of benzene rings is 1. The molecule has 0 saturated carbocycles. The molecule has 0 radical (unpaired) electrons. The molecule has 1 aromatic carbocycles. The number of aromatic nitrogens is 1. The molecule has 120 valence electrons. The van der Waals surface area contributed by atoms with E-state index in [4.69, 9.17) is 16.3 Å². The standard InChI is InChI=1S/C16H22ClN3O2/c1-10(2)13-8-15-11(7-14(13)17)6-12(20-15)9-19-16(21)18-4-5-22-3/h6-8,10,20H,4-5,9H2,1-3H3,(H2,18,19,21). The van der Waals surface area contributed by atoms with Crippen molar-refractivity contribution in [3.05, 3.63) is 34.5 Å². The van der Waals surface area contributed by atoms with Gasteiger partial charge in [-0.1, -0.05) is 25.4 Å². The Morgan fingerprint density at radius 1 is 1.32 bits per heavy atom. The number of carbonyl (C=O) groups excluding carboxylic acids is 1. The first-order valence-electron chi connectivity index (χ1n) is 7.33. The summed E-state index contributed by atoms with van der Waals surface area (Å²) in [6.45, 7) is 5.65. The number of hydrogen-bond acceptors (Lipinski definition) is 2. The molecule has 0 unspecified atom stereocenters. The minimum atomic E-state index is -0.211. The van der Waals surface area contributed by atoms with Crippen LogP contribution in [0.2, 0.25) is 5.02 Å². The number of fused-ring (bicyclic) bond motifs is 1. The number of ether oxygens (including phenoxy) is 1. The summed E-state index contributed by atoms with van der Waals surface area (Å²) >= 11 is 6.30. The van der Waals surface area contributed by atoms with Gasteiger partial charge in [0.1, 0.15) is 0 Å². The molecule has 0 bridgehead atoms. The maximum absolute atomic E-state index is 11.6. The normalized spacial score (nSPS) is 11.1. The van der Waals surface area contributed by atoms with Crippen molar-refractivity contribution in [2.45, 2.75) is 26.3 Å². The molecule has 0 atom stereocenters. The largest absolute Gasteiger partial charge is 0.383 e. The molecule has 3 N–H and O–H groups in total. The highest BCUT2D eigenvalue weighted by atomic mass is 35.5. The smallest absolute Gasteiger partial charge is 0.315 e. The monoisotopic (exact) mass is 323 g/mol. The van der Waals surface area contributed by atoms with Gasteiger partial charge in [-0.25, -0.2) is 4.79 Å². The Bertz CT molecular complexity index is 652. The van der Waals surface area contributed by atoms with Crippen LogP contribution in [0.25, 0.3) is 10.9 Å². The third kappa shape index (κ3) is 4.15. The second-order valence-corrected chi connectivity index (χ2v) is 5.92. The van der Waals surface area contributed by atoms with Crippen LogP contribution in [-0.4, -0.2) is 31.3 Å². The topological polar surface area (TPSA) is 66.2 Å². The van der Waals surface area contributed by atoms with Gasteiger partial charge in [0.25, 0.3) is 0 Å². The molecule has 2 amide bonds. The van der Waals surface area contributed by atoms with Crippen LogP contribution in [0.3, 0.4) is 0 Å². The second kappa shape index (κ2) is 7.51. The maximum Gasteiger partial charge on any atom is 0.315 e. The Balaban J connectivity index is 2.02. The number of nitrogens with one attached hydrogen (secondary N) is 3. The highest BCUT2D eigenvalue weighted by Gasteiger charge is 2.09. The van der Waals surface area contributed by atoms with Crippen LogP contribution < -0.4 is 10.6 Å². The molecule has 0 saturated heterocycles. The van der Waals surface area contributed by atoms with Crippen LogP contribution in [0.4, 0.5) is 4.79 Å². The molecule has 2 aromatic rings. The number of amides is 2. The Morgan fingerprint density at radius 3 is 2.77 bits per heavy atom. The van der Waals surface area contributed by atoms with Gasteiger partial charge in [0.15, 0.2) is 0 Å². The van der Waals surface area contributed by atoms with E-state index in [-0.39, 0.29) is 6.03 Å². The van der Waals surface area contributed by atoms with E-state index in [1.807, 2.05) is 12.1 Å². The average Bonchev–Trinajstić information content (AvgIpc) is 2.86. The average molecular weight is 324 g/mol. The van der Waals surface area contributed by atoms with Crippen molar-refractivity contribution < 1.29 is 9.53 Å². The molecule has 0 spiro atoms. The highest BCUT2D eigenvalue weighted by molar-refractivity contribution is 6.32. The fourth-order valence-corrected chi connectivity index (χ4v) is 2.66. The third-order valence-corrected chi connectivity index (χ3v) is 3.77. The quantitative estimate of drug-likeness (QED) is 0.713.